The Morgan fingerprint density at radius 1 is 1.36 bits per heavy atom. The van der Waals surface area contributed by atoms with Gasteiger partial charge in [-0.05, 0) is 18.2 Å². The van der Waals surface area contributed by atoms with E-state index in [4.69, 9.17) is 9.15 Å². The summed E-state index contributed by atoms with van der Waals surface area (Å²) < 4.78 is 23.7. The Morgan fingerprint density at radius 2 is 2.24 bits per heavy atom. The predicted octanol–water partition coefficient (Wildman–Crippen LogP) is 2.45. The van der Waals surface area contributed by atoms with Crippen LogP contribution in [-0.4, -0.2) is 32.8 Å². The Balaban J connectivity index is 1.59. The number of nitrogens with zero attached hydrogens (tertiary/aromatic N) is 4. The second kappa shape index (κ2) is 7.52. The molecule has 8 heteroatoms. The van der Waals surface area contributed by atoms with Gasteiger partial charge in [-0.3, -0.25) is 4.79 Å². The van der Waals surface area contributed by atoms with Gasteiger partial charge in [0.2, 0.25) is 5.89 Å². The second-order valence-corrected chi connectivity index (χ2v) is 5.23. The van der Waals surface area contributed by atoms with Crippen molar-refractivity contribution in [1.29, 1.82) is 0 Å². The van der Waals surface area contributed by atoms with Crippen molar-refractivity contribution in [2.45, 2.75) is 13.2 Å². The van der Waals surface area contributed by atoms with Crippen LogP contribution in [0.15, 0.2) is 53.5 Å². The van der Waals surface area contributed by atoms with Crippen molar-refractivity contribution >= 4 is 5.91 Å². The van der Waals surface area contributed by atoms with Crippen LogP contribution in [0.4, 0.5) is 4.39 Å². The van der Waals surface area contributed by atoms with E-state index in [-0.39, 0.29) is 24.1 Å². The number of hydrogen-bond donors (Lipinski definition) is 0. The first kappa shape index (κ1) is 16.6. The predicted molar refractivity (Wildman–Crippen MR) is 85.1 cm³/mol. The van der Waals surface area contributed by atoms with Crippen LogP contribution in [0.1, 0.15) is 22.1 Å². The Bertz CT molecular complexity index is 854. The van der Waals surface area contributed by atoms with Crippen LogP contribution in [0.2, 0.25) is 0 Å². The summed E-state index contributed by atoms with van der Waals surface area (Å²) in [6, 6.07) is 7.46. The van der Waals surface area contributed by atoms with Gasteiger partial charge >= 0.3 is 0 Å². The van der Waals surface area contributed by atoms with Gasteiger partial charge in [0.25, 0.3) is 5.91 Å². The monoisotopic (exact) mass is 342 g/mol. The largest absolute Gasteiger partial charge is 0.484 e. The Hall–Kier alpha value is -3.29. The van der Waals surface area contributed by atoms with Gasteiger partial charge in [0.1, 0.15) is 24.2 Å². The molecule has 128 valence electrons. The van der Waals surface area contributed by atoms with E-state index in [1.807, 2.05) is 0 Å². The molecule has 0 N–H and O–H groups in total. The third-order valence-electron chi connectivity index (χ3n) is 3.32. The molecule has 0 atom stereocenters. The average molecular weight is 342 g/mol. The smallest absolute Gasteiger partial charge is 0.275 e. The average Bonchev–Trinajstić information content (AvgIpc) is 3.09. The number of benzene rings is 1. The van der Waals surface area contributed by atoms with E-state index in [2.05, 4.69) is 15.0 Å². The highest BCUT2D eigenvalue weighted by molar-refractivity contribution is 5.91. The number of amides is 1. The molecule has 7 nitrogen and oxygen atoms in total. The van der Waals surface area contributed by atoms with Crippen molar-refractivity contribution in [2.24, 2.45) is 0 Å². The molecule has 0 saturated carbocycles. The van der Waals surface area contributed by atoms with Crippen molar-refractivity contribution in [3.63, 3.8) is 0 Å². The summed E-state index contributed by atoms with van der Waals surface area (Å²) in [6.07, 6.45) is 4.30. The van der Waals surface area contributed by atoms with Crippen molar-refractivity contribution in [1.82, 2.24) is 19.9 Å². The zero-order valence-electron chi connectivity index (χ0n) is 13.4. The second-order valence-electron chi connectivity index (χ2n) is 5.23. The molecule has 0 saturated heterocycles. The molecule has 0 spiro atoms. The summed E-state index contributed by atoms with van der Waals surface area (Å²) in [7, 11) is 1.64. The zero-order chi connectivity index (χ0) is 17.6. The summed E-state index contributed by atoms with van der Waals surface area (Å²) in [5.41, 5.74) is 0.874. The van der Waals surface area contributed by atoms with Gasteiger partial charge in [-0.1, -0.05) is 6.07 Å². The summed E-state index contributed by atoms with van der Waals surface area (Å²) in [5, 5.41) is 0. The standard InChI is InChI=1S/C17H15FN4O3/c1-22(8-13-5-6-19-11-20-13)17(23)15-9-25-16(21-15)10-24-14-4-2-3-12(18)7-14/h2-7,9,11H,8,10H2,1H3. The van der Waals surface area contributed by atoms with E-state index < -0.39 is 5.82 Å². The molecule has 0 fully saturated rings. The molecule has 1 aromatic carbocycles. The van der Waals surface area contributed by atoms with Gasteiger partial charge in [0, 0.05) is 19.3 Å². The van der Waals surface area contributed by atoms with Crippen molar-refractivity contribution in [2.75, 3.05) is 7.05 Å². The van der Waals surface area contributed by atoms with E-state index in [0.29, 0.717) is 18.0 Å². The molecule has 0 aliphatic rings. The lowest BCUT2D eigenvalue weighted by molar-refractivity contribution is 0.0777. The summed E-state index contributed by atoms with van der Waals surface area (Å²) in [5.74, 6) is -0.124. The number of aromatic nitrogens is 3. The van der Waals surface area contributed by atoms with Gasteiger partial charge in [0.05, 0.1) is 12.2 Å². The number of halogens is 1. The van der Waals surface area contributed by atoms with Crippen LogP contribution in [0.5, 0.6) is 5.75 Å². The van der Waals surface area contributed by atoms with Crippen molar-refractivity contribution in [3.05, 3.63) is 72.2 Å². The fourth-order valence-corrected chi connectivity index (χ4v) is 2.10. The minimum atomic E-state index is -0.396. The first-order valence-electron chi connectivity index (χ1n) is 7.45. The summed E-state index contributed by atoms with van der Waals surface area (Å²) in [6.45, 7) is 0.315. The molecule has 25 heavy (non-hydrogen) atoms. The highest BCUT2D eigenvalue weighted by Crippen LogP contribution is 2.14. The summed E-state index contributed by atoms with van der Waals surface area (Å²) >= 11 is 0. The van der Waals surface area contributed by atoms with E-state index in [0.717, 1.165) is 0 Å². The van der Waals surface area contributed by atoms with Gasteiger partial charge < -0.3 is 14.1 Å². The fraction of sp³-hybridized carbons (Fsp3) is 0.176. The molecule has 0 radical (unpaired) electrons. The normalized spacial score (nSPS) is 10.5. The molecular formula is C17H15FN4O3. The number of oxazole rings is 1. The van der Waals surface area contributed by atoms with Crippen LogP contribution < -0.4 is 4.74 Å². The lowest BCUT2D eigenvalue weighted by Gasteiger charge is -2.14. The van der Waals surface area contributed by atoms with E-state index in [1.54, 1.807) is 25.4 Å². The first-order valence-corrected chi connectivity index (χ1v) is 7.45. The molecule has 3 aromatic rings. The number of hydrogen-bond acceptors (Lipinski definition) is 6. The SMILES string of the molecule is CN(Cc1ccncn1)C(=O)c1coc(COc2cccc(F)c2)n1. The molecular weight excluding hydrogens is 327 g/mol. The van der Waals surface area contributed by atoms with Crippen molar-refractivity contribution in [3.8, 4) is 5.75 Å². The van der Waals surface area contributed by atoms with Gasteiger partial charge in [0.15, 0.2) is 12.3 Å². The minimum absolute atomic E-state index is 0.00758. The lowest BCUT2D eigenvalue weighted by Crippen LogP contribution is -2.27. The Kier molecular flexibility index (Phi) is 4.98. The van der Waals surface area contributed by atoms with E-state index >= 15 is 0 Å². The maximum atomic E-state index is 13.1. The maximum absolute atomic E-state index is 13.1. The number of carbonyl (C=O) groups excluding carboxylic acids is 1. The third kappa shape index (κ3) is 4.37. The molecule has 1 amide bonds. The van der Waals surface area contributed by atoms with Gasteiger partial charge in [-0.25, -0.2) is 19.3 Å². The lowest BCUT2D eigenvalue weighted by atomic mass is 10.3. The summed E-state index contributed by atoms with van der Waals surface area (Å²) in [4.78, 5) is 25.8. The quantitative estimate of drug-likeness (QED) is 0.684. The molecule has 0 bridgehead atoms. The molecule has 2 aromatic heterocycles. The Labute approximate surface area is 143 Å². The topological polar surface area (TPSA) is 81.4 Å². The maximum Gasteiger partial charge on any atom is 0.275 e. The number of ether oxygens (including phenoxy) is 1. The molecule has 0 unspecified atom stereocenters. The van der Waals surface area contributed by atoms with E-state index in [9.17, 15) is 9.18 Å². The molecule has 0 aliphatic carbocycles. The zero-order valence-corrected chi connectivity index (χ0v) is 13.4. The van der Waals surface area contributed by atoms with Crippen LogP contribution in [0.25, 0.3) is 0 Å². The van der Waals surface area contributed by atoms with E-state index in [1.165, 1.54) is 35.7 Å². The first-order chi connectivity index (χ1) is 12.1. The van der Waals surface area contributed by atoms with Gasteiger partial charge in [-0.2, -0.15) is 0 Å². The molecule has 2 heterocycles. The fourth-order valence-electron chi connectivity index (χ4n) is 2.10. The Morgan fingerprint density at radius 3 is 3.00 bits per heavy atom. The third-order valence-corrected chi connectivity index (χ3v) is 3.32. The highest BCUT2D eigenvalue weighted by atomic mass is 19.1. The molecule has 0 aliphatic heterocycles. The van der Waals surface area contributed by atoms with Crippen LogP contribution >= 0.6 is 0 Å². The minimum Gasteiger partial charge on any atom is -0.484 e. The van der Waals surface area contributed by atoms with Crippen LogP contribution in [0, 0.1) is 5.82 Å². The number of carbonyl (C=O) groups is 1. The van der Waals surface area contributed by atoms with Crippen molar-refractivity contribution < 1.29 is 18.3 Å². The van der Waals surface area contributed by atoms with Crippen LogP contribution in [0.3, 0.4) is 0 Å². The van der Waals surface area contributed by atoms with Crippen LogP contribution in [-0.2, 0) is 13.2 Å². The highest BCUT2D eigenvalue weighted by Gasteiger charge is 2.17. The molecule has 3 rings (SSSR count). The number of rotatable bonds is 6. The van der Waals surface area contributed by atoms with Gasteiger partial charge in [-0.15, -0.1) is 0 Å².